The zero-order valence-electron chi connectivity index (χ0n) is 7.09. The molecule has 0 aliphatic carbocycles. The number of ether oxygens (including phenoxy) is 1. The van der Waals surface area contributed by atoms with Gasteiger partial charge in [0.2, 0.25) is 0 Å². The van der Waals surface area contributed by atoms with Crippen molar-refractivity contribution in [2.24, 2.45) is 0 Å². The van der Waals surface area contributed by atoms with Crippen LogP contribution < -0.4 is 5.32 Å². The maximum atomic E-state index is 5.33. The van der Waals surface area contributed by atoms with E-state index in [1.807, 2.05) is 0 Å². The van der Waals surface area contributed by atoms with Gasteiger partial charge in [0.15, 0.2) is 5.13 Å². The Bertz CT molecular complexity index is 249. The lowest BCUT2D eigenvalue weighted by atomic mass is 10.2. The standard InChI is InChI=1S/C8H12N2OS/c1-2-9-8-10-6-3-4-11-5-7(6)12-8/h2-5H2,1H3,(H,9,10). The third kappa shape index (κ3) is 1.44. The molecule has 0 atom stereocenters. The minimum Gasteiger partial charge on any atom is -0.375 e. The molecular formula is C8H12N2OS. The fourth-order valence-electron chi connectivity index (χ4n) is 1.25. The van der Waals surface area contributed by atoms with E-state index < -0.39 is 0 Å². The van der Waals surface area contributed by atoms with Crippen molar-refractivity contribution in [2.45, 2.75) is 20.0 Å². The molecule has 0 saturated heterocycles. The molecule has 1 aromatic heterocycles. The lowest BCUT2D eigenvalue weighted by molar-refractivity contribution is 0.112. The zero-order chi connectivity index (χ0) is 8.39. The Kier molecular flexibility index (Phi) is 2.28. The molecule has 1 aromatic rings. The Balaban J connectivity index is 2.20. The van der Waals surface area contributed by atoms with E-state index in [0.29, 0.717) is 0 Å². The second-order valence-corrected chi connectivity index (χ2v) is 3.81. The van der Waals surface area contributed by atoms with E-state index in [2.05, 4.69) is 17.2 Å². The lowest BCUT2D eigenvalue weighted by Crippen LogP contribution is -2.07. The SMILES string of the molecule is CCNc1nc2c(s1)COCC2. The molecule has 1 aliphatic heterocycles. The Morgan fingerprint density at radius 2 is 2.58 bits per heavy atom. The molecular weight excluding hydrogens is 172 g/mol. The summed E-state index contributed by atoms with van der Waals surface area (Å²) < 4.78 is 5.33. The van der Waals surface area contributed by atoms with Crippen LogP contribution in [0.3, 0.4) is 0 Å². The number of thiazole rings is 1. The first-order chi connectivity index (χ1) is 5.90. The molecule has 3 nitrogen and oxygen atoms in total. The van der Waals surface area contributed by atoms with Crippen LogP contribution >= 0.6 is 11.3 Å². The largest absolute Gasteiger partial charge is 0.375 e. The van der Waals surface area contributed by atoms with Crippen LogP contribution in [0.4, 0.5) is 5.13 Å². The lowest BCUT2D eigenvalue weighted by Gasteiger charge is -2.08. The highest BCUT2D eigenvalue weighted by molar-refractivity contribution is 7.15. The monoisotopic (exact) mass is 184 g/mol. The van der Waals surface area contributed by atoms with E-state index in [1.54, 1.807) is 11.3 Å². The summed E-state index contributed by atoms with van der Waals surface area (Å²) in [5.74, 6) is 0. The van der Waals surface area contributed by atoms with Crippen LogP contribution in [0.1, 0.15) is 17.5 Å². The molecule has 1 aliphatic rings. The van der Waals surface area contributed by atoms with E-state index in [9.17, 15) is 0 Å². The van der Waals surface area contributed by atoms with Gasteiger partial charge in [0.05, 0.1) is 23.8 Å². The molecule has 0 spiro atoms. The minimum atomic E-state index is 0.748. The maximum Gasteiger partial charge on any atom is 0.183 e. The molecule has 0 unspecified atom stereocenters. The Hall–Kier alpha value is -0.610. The van der Waals surface area contributed by atoms with Crippen molar-refractivity contribution in [3.8, 4) is 0 Å². The molecule has 12 heavy (non-hydrogen) atoms. The van der Waals surface area contributed by atoms with Crippen LogP contribution in [0.15, 0.2) is 0 Å². The summed E-state index contributed by atoms with van der Waals surface area (Å²) in [5.41, 5.74) is 1.22. The number of nitrogens with zero attached hydrogens (tertiary/aromatic N) is 1. The van der Waals surface area contributed by atoms with Crippen molar-refractivity contribution in [3.05, 3.63) is 10.6 Å². The third-order valence-corrected chi connectivity index (χ3v) is 2.85. The molecule has 0 radical (unpaired) electrons. The first kappa shape index (κ1) is 8.01. The second-order valence-electron chi connectivity index (χ2n) is 2.72. The number of hydrogen-bond donors (Lipinski definition) is 1. The van der Waals surface area contributed by atoms with Crippen molar-refractivity contribution in [3.63, 3.8) is 0 Å². The summed E-state index contributed by atoms with van der Waals surface area (Å²) in [5, 5.41) is 4.25. The number of nitrogens with one attached hydrogen (secondary N) is 1. The van der Waals surface area contributed by atoms with Gasteiger partial charge in [0.25, 0.3) is 0 Å². The van der Waals surface area contributed by atoms with Gasteiger partial charge in [-0.3, -0.25) is 0 Å². The van der Waals surface area contributed by atoms with Crippen LogP contribution in [-0.2, 0) is 17.8 Å². The fourth-order valence-corrected chi connectivity index (χ4v) is 2.27. The summed E-state index contributed by atoms with van der Waals surface area (Å²) in [4.78, 5) is 5.76. The van der Waals surface area contributed by atoms with Crippen molar-refractivity contribution in [1.82, 2.24) is 4.98 Å². The molecule has 66 valence electrons. The molecule has 2 rings (SSSR count). The normalized spacial score (nSPS) is 15.8. The van der Waals surface area contributed by atoms with Crippen LogP contribution in [0, 0.1) is 0 Å². The van der Waals surface area contributed by atoms with Crippen LogP contribution in [0.5, 0.6) is 0 Å². The number of anilines is 1. The van der Waals surface area contributed by atoms with Crippen LogP contribution in [0.2, 0.25) is 0 Å². The van der Waals surface area contributed by atoms with Gasteiger partial charge in [-0.05, 0) is 6.92 Å². The minimum absolute atomic E-state index is 0.748. The molecule has 1 N–H and O–H groups in total. The molecule has 2 heterocycles. The Labute approximate surface area is 75.8 Å². The topological polar surface area (TPSA) is 34.2 Å². The Morgan fingerprint density at radius 3 is 3.33 bits per heavy atom. The predicted molar refractivity (Wildman–Crippen MR) is 49.6 cm³/mol. The summed E-state index contributed by atoms with van der Waals surface area (Å²) in [6.07, 6.45) is 0.969. The van der Waals surface area contributed by atoms with Gasteiger partial charge in [-0.25, -0.2) is 4.98 Å². The predicted octanol–water partition coefficient (Wildman–Crippen LogP) is 1.65. The summed E-state index contributed by atoms with van der Waals surface area (Å²) in [6, 6.07) is 0. The quantitative estimate of drug-likeness (QED) is 0.758. The van der Waals surface area contributed by atoms with Gasteiger partial charge in [-0.2, -0.15) is 0 Å². The van der Waals surface area contributed by atoms with Gasteiger partial charge in [-0.15, -0.1) is 0 Å². The second kappa shape index (κ2) is 3.41. The zero-order valence-corrected chi connectivity index (χ0v) is 7.91. The highest BCUT2D eigenvalue weighted by Crippen LogP contribution is 2.26. The van der Waals surface area contributed by atoms with Crippen molar-refractivity contribution >= 4 is 16.5 Å². The molecule has 0 amide bonds. The van der Waals surface area contributed by atoms with Crippen molar-refractivity contribution in [2.75, 3.05) is 18.5 Å². The van der Waals surface area contributed by atoms with Gasteiger partial charge in [0.1, 0.15) is 0 Å². The first-order valence-electron chi connectivity index (χ1n) is 4.20. The molecule has 0 aromatic carbocycles. The summed E-state index contributed by atoms with van der Waals surface area (Å²) >= 11 is 1.71. The fraction of sp³-hybridized carbons (Fsp3) is 0.625. The number of fused-ring (bicyclic) bond motifs is 1. The van der Waals surface area contributed by atoms with E-state index in [-0.39, 0.29) is 0 Å². The molecule has 0 saturated carbocycles. The summed E-state index contributed by atoms with van der Waals surface area (Å²) in [7, 11) is 0. The van der Waals surface area contributed by atoms with E-state index in [4.69, 9.17) is 4.74 Å². The summed E-state index contributed by atoms with van der Waals surface area (Å²) in [6.45, 7) is 4.59. The van der Waals surface area contributed by atoms with Crippen LogP contribution in [0.25, 0.3) is 0 Å². The highest BCUT2D eigenvalue weighted by Gasteiger charge is 2.14. The van der Waals surface area contributed by atoms with E-state index in [0.717, 1.165) is 31.3 Å². The third-order valence-electron chi connectivity index (χ3n) is 1.82. The molecule has 0 bridgehead atoms. The Morgan fingerprint density at radius 1 is 1.67 bits per heavy atom. The van der Waals surface area contributed by atoms with Crippen molar-refractivity contribution < 1.29 is 4.74 Å². The van der Waals surface area contributed by atoms with Gasteiger partial charge in [-0.1, -0.05) is 11.3 Å². The average Bonchev–Trinajstić information content (AvgIpc) is 2.47. The van der Waals surface area contributed by atoms with Gasteiger partial charge >= 0.3 is 0 Å². The maximum absolute atomic E-state index is 5.33. The van der Waals surface area contributed by atoms with Crippen LogP contribution in [-0.4, -0.2) is 18.1 Å². The van der Waals surface area contributed by atoms with E-state index in [1.165, 1.54) is 10.6 Å². The number of hydrogen-bond acceptors (Lipinski definition) is 4. The van der Waals surface area contributed by atoms with Crippen molar-refractivity contribution in [1.29, 1.82) is 0 Å². The molecule has 0 fully saturated rings. The van der Waals surface area contributed by atoms with Gasteiger partial charge in [0, 0.05) is 13.0 Å². The first-order valence-corrected chi connectivity index (χ1v) is 5.02. The van der Waals surface area contributed by atoms with Gasteiger partial charge < -0.3 is 10.1 Å². The smallest absolute Gasteiger partial charge is 0.183 e. The average molecular weight is 184 g/mol. The van der Waals surface area contributed by atoms with E-state index >= 15 is 0 Å². The number of rotatable bonds is 2. The number of aromatic nitrogens is 1. The highest BCUT2D eigenvalue weighted by atomic mass is 32.1. The molecule has 4 heteroatoms.